The summed E-state index contributed by atoms with van der Waals surface area (Å²) in [5, 5.41) is 1.63. The average Bonchev–Trinajstić information content (AvgIpc) is 2.27. The van der Waals surface area contributed by atoms with Gasteiger partial charge < -0.3 is 5.43 Å². The molecule has 2 aromatic rings. The van der Waals surface area contributed by atoms with Gasteiger partial charge in [0.2, 0.25) is 0 Å². The van der Waals surface area contributed by atoms with Crippen LogP contribution in [0.1, 0.15) is 25.5 Å². The fraction of sp³-hybridized carbons (Fsp3) is 0.250. The largest absolute Gasteiger partial charge is 0.323 e. The van der Waals surface area contributed by atoms with Crippen LogP contribution in [0.5, 0.6) is 0 Å². The first kappa shape index (κ1) is 11.2. The molecule has 0 spiro atoms. The number of nitrogen functional groups attached to an aromatic ring is 1. The van der Waals surface area contributed by atoms with Gasteiger partial charge in [0.25, 0.3) is 0 Å². The number of rotatable bonds is 2. The lowest BCUT2D eigenvalue weighted by molar-refractivity contribution is 0.830. The van der Waals surface area contributed by atoms with Crippen LogP contribution in [0.25, 0.3) is 10.9 Å². The van der Waals surface area contributed by atoms with E-state index in [0.717, 1.165) is 22.3 Å². The monoisotopic (exact) mass is 235 g/mol. The van der Waals surface area contributed by atoms with Crippen molar-refractivity contribution in [2.24, 2.45) is 5.84 Å². The number of nitrogens with one attached hydrogen (secondary N) is 1. The summed E-state index contributed by atoms with van der Waals surface area (Å²) in [5.74, 6) is 5.88. The Labute approximate surface area is 99.6 Å². The minimum absolute atomic E-state index is 0.368. The van der Waals surface area contributed by atoms with Crippen molar-refractivity contribution in [1.29, 1.82) is 0 Å². The topological polar surface area (TPSA) is 50.9 Å². The van der Waals surface area contributed by atoms with Gasteiger partial charge in [0.05, 0.1) is 11.2 Å². The first-order chi connectivity index (χ1) is 7.61. The number of aromatic nitrogens is 1. The molecule has 1 aromatic carbocycles. The summed E-state index contributed by atoms with van der Waals surface area (Å²) in [6.45, 7) is 4.20. The molecule has 0 bridgehead atoms. The molecule has 0 unspecified atom stereocenters. The van der Waals surface area contributed by atoms with Gasteiger partial charge in [0.1, 0.15) is 0 Å². The van der Waals surface area contributed by atoms with Gasteiger partial charge in [0, 0.05) is 16.1 Å². The molecule has 4 heteroatoms. The Kier molecular flexibility index (Phi) is 2.99. The smallest absolute Gasteiger partial charge is 0.0727 e. The van der Waals surface area contributed by atoms with E-state index in [9.17, 15) is 0 Å². The van der Waals surface area contributed by atoms with E-state index in [1.54, 1.807) is 0 Å². The van der Waals surface area contributed by atoms with E-state index in [4.69, 9.17) is 17.4 Å². The van der Waals surface area contributed by atoms with Gasteiger partial charge in [0.15, 0.2) is 0 Å². The summed E-state index contributed by atoms with van der Waals surface area (Å²) < 4.78 is 0. The molecule has 0 radical (unpaired) electrons. The summed E-state index contributed by atoms with van der Waals surface area (Å²) >= 11 is 5.95. The molecule has 3 N–H and O–H groups in total. The number of halogens is 1. The average molecular weight is 236 g/mol. The Hall–Kier alpha value is -1.32. The van der Waals surface area contributed by atoms with Crippen molar-refractivity contribution in [3.8, 4) is 0 Å². The Balaban J connectivity index is 2.73. The van der Waals surface area contributed by atoms with E-state index in [0.29, 0.717) is 10.9 Å². The molecule has 16 heavy (non-hydrogen) atoms. The maximum absolute atomic E-state index is 5.95. The summed E-state index contributed by atoms with van der Waals surface area (Å²) in [6, 6.07) is 7.57. The second-order valence-corrected chi connectivity index (χ2v) is 4.49. The van der Waals surface area contributed by atoms with Crippen molar-refractivity contribution < 1.29 is 0 Å². The van der Waals surface area contributed by atoms with E-state index in [2.05, 4.69) is 24.3 Å². The quantitative estimate of drug-likeness (QED) is 0.620. The molecular formula is C12H14ClN3. The highest BCUT2D eigenvalue weighted by molar-refractivity contribution is 6.31. The number of fused-ring (bicyclic) bond motifs is 1. The molecule has 1 heterocycles. The number of anilines is 1. The Bertz CT molecular complexity index is 523. The van der Waals surface area contributed by atoms with Crippen molar-refractivity contribution in [3.05, 3.63) is 35.0 Å². The SMILES string of the molecule is CC(C)c1cc(NN)c2cc(Cl)ccc2n1. The third-order valence-corrected chi connectivity index (χ3v) is 2.77. The van der Waals surface area contributed by atoms with Crippen LogP contribution in [0, 0.1) is 0 Å². The van der Waals surface area contributed by atoms with E-state index in [-0.39, 0.29) is 0 Å². The van der Waals surface area contributed by atoms with Crippen molar-refractivity contribution in [3.63, 3.8) is 0 Å². The van der Waals surface area contributed by atoms with Crippen LogP contribution in [-0.2, 0) is 0 Å². The van der Waals surface area contributed by atoms with E-state index < -0.39 is 0 Å². The zero-order valence-electron chi connectivity index (χ0n) is 9.29. The lowest BCUT2D eigenvalue weighted by atomic mass is 10.1. The zero-order chi connectivity index (χ0) is 11.7. The summed E-state index contributed by atoms with van der Waals surface area (Å²) in [7, 11) is 0. The third kappa shape index (κ3) is 1.96. The summed E-state index contributed by atoms with van der Waals surface area (Å²) in [4.78, 5) is 4.57. The molecule has 0 aliphatic rings. The number of nitrogens with two attached hydrogens (primary N) is 1. The number of hydrazine groups is 1. The molecule has 0 atom stereocenters. The molecule has 0 amide bonds. The van der Waals surface area contributed by atoms with Crippen molar-refractivity contribution in [1.82, 2.24) is 4.98 Å². The molecule has 0 saturated carbocycles. The van der Waals surface area contributed by atoms with Gasteiger partial charge in [-0.3, -0.25) is 10.8 Å². The predicted octanol–water partition coefficient (Wildman–Crippen LogP) is 3.30. The third-order valence-electron chi connectivity index (χ3n) is 2.54. The number of hydrogen-bond acceptors (Lipinski definition) is 3. The predicted molar refractivity (Wildman–Crippen MR) is 68.7 cm³/mol. The van der Waals surface area contributed by atoms with E-state index >= 15 is 0 Å². The minimum atomic E-state index is 0.368. The van der Waals surface area contributed by atoms with Crippen molar-refractivity contribution in [2.45, 2.75) is 19.8 Å². The van der Waals surface area contributed by atoms with E-state index in [1.807, 2.05) is 24.3 Å². The molecule has 1 aromatic heterocycles. The van der Waals surface area contributed by atoms with Crippen LogP contribution in [0.3, 0.4) is 0 Å². The highest BCUT2D eigenvalue weighted by Gasteiger charge is 2.08. The van der Waals surface area contributed by atoms with Gasteiger partial charge in [-0.15, -0.1) is 0 Å². The maximum atomic E-state index is 5.95. The molecule has 0 saturated heterocycles. The fourth-order valence-electron chi connectivity index (χ4n) is 1.63. The second kappa shape index (κ2) is 4.28. The molecule has 0 aliphatic heterocycles. The van der Waals surface area contributed by atoms with Crippen LogP contribution in [0.4, 0.5) is 5.69 Å². The van der Waals surface area contributed by atoms with Crippen LogP contribution in [0.15, 0.2) is 24.3 Å². The maximum Gasteiger partial charge on any atom is 0.0727 e. The second-order valence-electron chi connectivity index (χ2n) is 4.06. The number of hydrogen-bond donors (Lipinski definition) is 2. The minimum Gasteiger partial charge on any atom is -0.323 e. The number of nitrogens with zero attached hydrogens (tertiary/aromatic N) is 1. The highest BCUT2D eigenvalue weighted by Crippen LogP contribution is 2.27. The zero-order valence-corrected chi connectivity index (χ0v) is 10.0. The van der Waals surface area contributed by atoms with Crippen LogP contribution < -0.4 is 11.3 Å². The van der Waals surface area contributed by atoms with Crippen LogP contribution in [0.2, 0.25) is 5.02 Å². The first-order valence-corrected chi connectivity index (χ1v) is 5.56. The molecule has 0 fully saturated rings. The van der Waals surface area contributed by atoms with Crippen molar-refractivity contribution >= 4 is 28.2 Å². The fourth-order valence-corrected chi connectivity index (χ4v) is 1.81. The summed E-state index contributed by atoms with van der Waals surface area (Å²) in [5.41, 5.74) is 5.47. The number of pyridine rings is 1. The molecule has 84 valence electrons. The molecule has 0 aliphatic carbocycles. The summed E-state index contributed by atoms with van der Waals surface area (Å²) in [6.07, 6.45) is 0. The number of benzene rings is 1. The van der Waals surface area contributed by atoms with Gasteiger partial charge >= 0.3 is 0 Å². The first-order valence-electron chi connectivity index (χ1n) is 5.18. The van der Waals surface area contributed by atoms with Gasteiger partial charge in [-0.1, -0.05) is 25.4 Å². The Morgan fingerprint density at radius 2 is 2.06 bits per heavy atom. The van der Waals surface area contributed by atoms with Crippen molar-refractivity contribution in [2.75, 3.05) is 5.43 Å². The van der Waals surface area contributed by atoms with E-state index in [1.165, 1.54) is 0 Å². The normalized spacial score (nSPS) is 11.1. The van der Waals surface area contributed by atoms with Gasteiger partial charge in [-0.05, 0) is 30.2 Å². The molecular weight excluding hydrogens is 222 g/mol. The van der Waals surface area contributed by atoms with Gasteiger partial charge in [-0.25, -0.2) is 0 Å². The van der Waals surface area contributed by atoms with Crippen LogP contribution in [-0.4, -0.2) is 4.98 Å². The molecule has 2 rings (SSSR count). The molecule has 3 nitrogen and oxygen atoms in total. The highest BCUT2D eigenvalue weighted by atomic mass is 35.5. The lowest BCUT2D eigenvalue weighted by Gasteiger charge is -2.11. The standard InChI is InChI=1S/C12H14ClN3/c1-7(2)11-6-12(16-14)9-5-8(13)3-4-10(9)15-11/h3-7H,14H2,1-2H3,(H,15,16). The lowest BCUT2D eigenvalue weighted by Crippen LogP contribution is -2.08. The van der Waals surface area contributed by atoms with Gasteiger partial charge in [-0.2, -0.15) is 0 Å². The Morgan fingerprint density at radius 1 is 1.31 bits per heavy atom. The van der Waals surface area contributed by atoms with Crippen LogP contribution >= 0.6 is 11.6 Å². The Morgan fingerprint density at radius 3 is 2.69 bits per heavy atom.